The summed E-state index contributed by atoms with van der Waals surface area (Å²) >= 11 is 0. The molecule has 0 saturated heterocycles. The zero-order chi connectivity index (χ0) is 16.8. The molecule has 1 fully saturated rings. The summed E-state index contributed by atoms with van der Waals surface area (Å²) in [7, 11) is 0. The Kier molecular flexibility index (Phi) is 5.90. The Morgan fingerprint density at radius 3 is 2.33 bits per heavy atom. The fourth-order valence-corrected chi connectivity index (χ4v) is 3.66. The zero-order valence-electron chi connectivity index (χ0n) is 14.6. The van der Waals surface area contributed by atoms with Gasteiger partial charge in [0.2, 0.25) is 0 Å². The molecule has 1 nitrogen and oxygen atoms in total. The van der Waals surface area contributed by atoms with Crippen LogP contribution in [-0.2, 0) is 6.42 Å². The number of ether oxygens (including phenoxy) is 1. The van der Waals surface area contributed by atoms with Gasteiger partial charge in [0.25, 0.3) is 0 Å². The highest BCUT2D eigenvalue weighted by Crippen LogP contribution is 2.29. The first kappa shape index (κ1) is 17.0. The maximum Gasteiger partial charge on any atom is 0.165 e. The van der Waals surface area contributed by atoms with Gasteiger partial charge in [0.1, 0.15) is 0 Å². The molecule has 24 heavy (non-hydrogen) atoms. The molecular weight excluding hydrogens is 299 g/mol. The highest BCUT2D eigenvalue weighted by atomic mass is 19.1. The van der Waals surface area contributed by atoms with Gasteiger partial charge in [-0.25, -0.2) is 4.39 Å². The Balaban J connectivity index is 1.62. The summed E-state index contributed by atoms with van der Waals surface area (Å²) < 4.78 is 19.3. The Morgan fingerprint density at radius 1 is 0.958 bits per heavy atom. The Morgan fingerprint density at radius 2 is 1.67 bits per heavy atom. The first-order valence-corrected chi connectivity index (χ1v) is 9.28. The largest absolute Gasteiger partial charge is 0.491 e. The van der Waals surface area contributed by atoms with Crippen molar-refractivity contribution >= 4 is 0 Å². The lowest BCUT2D eigenvalue weighted by atomic mass is 9.85. The van der Waals surface area contributed by atoms with Crippen LogP contribution in [0.1, 0.15) is 51.0 Å². The van der Waals surface area contributed by atoms with E-state index in [9.17, 15) is 4.39 Å². The number of halogens is 1. The molecule has 0 unspecified atom stereocenters. The quantitative estimate of drug-likeness (QED) is 0.596. The van der Waals surface area contributed by atoms with E-state index in [1.54, 1.807) is 12.1 Å². The SMILES string of the molecule is CCOc1ccc(-c2ccc(CCC3CCCCC3)cc2)cc1F. The predicted molar refractivity (Wildman–Crippen MR) is 97.9 cm³/mol. The van der Waals surface area contributed by atoms with Crippen molar-refractivity contribution < 1.29 is 9.13 Å². The second-order valence-corrected chi connectivity index (χ2v) is 6.82. The van der Waals surface area contributed by atoms with Gasteiger partial charge in [-0.2, -0.15) is 0 Å². The van der Waals surface area contributed by atoms with Gasteiger partial charge in [0.05, 0.1) is 6.61 Å². The smallest absolute Gasteiger partial charge is 0.165 e. The molecule has 0 spiro atoms. The highest BCUT2D eigenvalue weighted by Gasteiger charge is 2.13. The van der Waals surface area contributed by atoms with Crippen LogP contribution >= 0.6 is 0 Å². The average molecular weight is 326 g/mol. The van der Waals surface area contributed by atoms with Crippen LogP contribution < -0.4 is 4.74 Å². The molecule has 0 bridgehead atoms. The fraction of sp³-hybridized carbons (Fsp3) is 0.455. The van der Waals surface area contributed by atoms with Gasteiger partial charge in [-0.1, -0.05) is 62.4 Å². The van der Waals surface area contributed by atoms with Crippen LogP contribution in [0, 0.1) is 11.7 Å². The van der Waals surface area contributed by atoms with Crippen molar-refractivity contribution in [3.8, 4) is 16.9 Å². The lowest BCUT2D eigenvalue weighted by Crippen LogP contribution is -2.07. The summed E-state index contributed by atoms with van der Waals surface area (Å²) in [6.07, 6.45) is 9.51. The maximum atomic E-state index is 14.0. The lowest BCUT2D eigenvalue weighted by Gasteiger charge is -2.21. The number of benzene rings is 2. The third-order valence-electron chi connectivity index (χ3n) is 5.08. The van der Waals surface area contributed by atoms with Crippen LogP contribution in [0.2, 0.25) is 0 Å². The summed E-state index contributed by atoms with van der Waals surface area (Å²) in [5.74, 6) is 0.944. The monoisotopic (exact) mass is 326 g/mol. The normalized spacial score (nSPS) is 15.4. The van der Waals surface area contributed by atoms with E-state index in [2.05, 4.69) is 24.3 Å². The fourth-order valence-electron chi connectivity index (χ4n) is 3.66. The van der Waals surface area contributed by atoms with Crippen molar-refractivity contribution in [1.82, 2.24) is 0 Å². The van der Waals surface area contributed by atoms with Crippen LogP contribution in [0.5, 0.6) is 5.75 Å². The molecule has 0 aromatic heterocycles. The molecule has 0 N–H and O–H groups in total. The summed E-state index contributed by atoms with van der Waals surface area (Å²) in [6.45, 7) is 2.34. The van der Waals surface area contributed by atoms with Gasteiger partial charge in [-0.3, -0.25) is 0 Å². The van der Waals surface area contributed by atoms with E-state index in [1.165, 1.54) is 44.1 Å². The molecule has 0 heterocycles. The van der Waals surface area contributed by atoms with Crippen molar-refractivity contribution in [2.75, 3.05) is 6.61 Å². The first-order valence-electron chi connectivity index (χ1n) is 9.28. The van der Waals surface area contributed by atoms with Gasteiger partial charge < -0.3 is 4.74 Å². The van der Waals surface area contributed by atoms with Crippen LogP contribution in [-0.4, -0.2) is 6.61 Å². The number of rotatable bonds is 6. The number of hydrogen-bond acceptors (Lipinski definition) is 1. The molecule has 128 valence electrons. The molecular formula is C22H27FO. The van der Waals surface area contributed by atoms with Gasteiger partial charge in [-0.15, -0.1) is 0 Å². The van der Waals surface area contributed by atoms with E-state index >= 15 is 0 Å². The number of aryl methyl sites for hydroxylation is 1. The first-order chi connectivity index (χ1) is 11.8. The van der Waals surface area contributed by atoms with Crippen LogP contribution in [0.25, 0.3) is 11.1 Å². The minimum Gasteiger partial charge on any atom is -0.491 e. The van der Waals surface area contributed by atoms with Gasteiger partial charge in [-0.05, 0) is 54.5 Å². The molecule has 1 saturated carbocycles. The number of hydrogen-bond donors (Lipinski definition) is 0. The van der Waals surface area contributed by atoms with E-state index in [0.717, 1.165) is 23.5 Å². The molecule has 2 aromatic carbocycles. The summed E-state index contributed by atoms with van der Waals surface area (Å²) in [4.78, 5) is 0. The molecule has 1 aliphatic rings. The van der Waals surface area contributed by atoms with E-state index in [1.807, 2.05) is 13.0 Å². The minimum absolute atomic E-state index is 0.296. The summed E-state index contributed by atoms with van der Waals surface area (Å²) in [6, 6.07) is 13.8. The molecule has 0 amide bonds. The van der Waals surface area contributed by atoms with E-state index in [4.69, 9.17) is 4.74 Å². The average Bonchev–Trinajstić information content (AvgIpc) is 2.63. The van der Waals surface area contributed by atoms with Crippen molar-refractivity contribution in [1.29, 1.82) is 0 Å². The Bertz CT molecular complexity index is 642. The standard InChI is InChI=1S/C22H27FO/c1-2-24-22-15-14-20(16-21(22)23)19-12-10-18(11-13-19)9-8-17-6-4-3-5-7-17/h10-17H,2-9H2,1H3. The molecule has 0 radical (unpaired) electrons. The second-order valence-electron chi connectivity index (χ2n) is 6.82. The summed E-state index contributed by atoms with van der Waals surface area (Å²) in [5.41, 5.74) is 3.34. The van der Waals surface area contributed by atoms with Crippen LogP contribution in [0.3, 0.4) is 0 Å². The summed E-state index contributed by atoms with van der Waals surface area (Å²) in [5, 5.41) is 0. The van der Waals surface area contributed by atoms with Crippen molar-refractivity contribution in [2.24, 2.45) is 5.92 Å². The van der Waals surface area contributed by atoms with E-state index in [0.29, 0.717) is 12.4 Å². The van der Waals surface area contributed by atoms with Crippen molar-refractivity contribution in [2.45, 2.75) is 51.9 Å². The minimum atomic E-state index is -0.296. The van der Waals surface area contributed by atoms with Crippen LogP contribution in [0.15, 0.2) is 42.5 Å². The van der Waals surface area contributed by atoms with Crippen molar-refractivity contribution in [3.63, 3.8) is 0 Å². The third-order valence-corrected chi connectivity index (χ3v) is 5.08. The van der Waals surface area contributed by atoms with Gasteiger partial charge in [0, 0.05) is 0 Å². The van der Waals surface area contributed by atoms with E-state index in [-0.39, 0.29) is 5.82 Å². The second kappa shape index (κ2) is 8.32. The van der Waals surface area contributed by atoms with Gasteiger partial charge >= 0.3 is 0 Å². The third kappa shape index (κ3) is 4.37. The zero-order valence-corrected chi connectivity index (χ0v) is 14.6. The molecule has 0 atom stereocenters. The molecule has 1 aliphatic carbocycles. The van der Waals surface area contributed by atoms with Crippen LogP contribution in [0.4, 0.5) is 4.39 Å². The maximum absolute atomic E-state index is 14.0. The van der Waals surface area contributed by atoms with E-state index < -0.39 is 0 Å². The predicted octanol–water partition coefficient (Wildman–Crippen LogP) is 6.40. The molecule has 2 aromatic rings. The Labute approximate surface area is 144 Å². The highest BCUT2D eigenvalue weighted by molar-refractivity contribution is 5.64. The molecule has 3 rings (SSSR count). The molecule has 2 heteroatoms. The lowest BCUT2D eigenvalue weighted by molar-refractivity contribution is 0.321. The molecule has 0 aliphatic heterocycles. The Hall–Kier alpha value is -1.83. The van der Waals surface area contributed by atoms with Gasteiger partial charge in [0.15, 0.2) is 11.6 Å². The topological polar surface area (TPSA) is 9.23 Å². The van der Waals surface area contributed by atoms with Crippen molar-refractivity contribution in [3.05, 3.63) is 53.8 Å².